The van der Waals surface area contributed by atoms with Crippen molar-refractivity contribution in [2.24, 2.45) is 5.92 Å². The first-order valence-electron chi connectivity index (χ1n) is 9.45. The molecule has 0 bridgehead atoms. The number of benzene rings is 1. The molecule has 0 saturated carbocycles. The Balaban J connectivity index is 1.46. The largest absolute Gasteiger partial charge is 0.339 e. The van der Waals surface area contributed by atoms with Gasteiger partial charge in [-0.05, 0) is 19.1 Å². The van der Waals surface area contributed by atoms with Gasteiger partial charge in [-0.1, -0.05) is 29.0 Å². The van der Waals surface area contributed by atoms with Crippen LogP contribution in [0.2, 0.25) is 0 Å². The Bertz CT molecular complexity index is 1110. The number of anilines is 1. The Morgan fingerprint density at radius 2 is 2.13 bits per heavy atom. The van der Waals surface area contributed by atoms with Gasteiger partial charge < -0.3 is 4.90 Å². The van der Waals surface area contributed by atoms with E-state index in [-0.39, 0.29) is 24.0 Å². The molecule has 4 rings (SSSR count). The van der Waals surface area contributed by atoms with E-state index in [1.807, 2.05) is 24.4 Å². The van der Waals surface area contributed by atoms with Gasteiger partial charge in [0.05, 0.1) is 23.0 Å². The van der Waals surface area contributed by atoms with Crippen molar-refractivity contribution in [3.8, 4) is 0 Å². The number of Topliss-reactive ketones (excluding diaryl/α,β-unsaturated/α-hetero) is 1. The molecule has 1 N–H and O–H groups in total. The molecule has 30 heavy (non-hydrogen) atoms. The van der Waals surface area contributed by atoms with Crippen LogP contribution < -0.4 is 5.32 Å². The fraction of sp³-hybridized carbons (Fsp3) is 0.286. The average molecular weight is 441 g/mol. The van der Waals surface area contributed by atoms with E-state index in [0.717, 1.165) is 10.6 Å². The Kier molecular flexibility index (Phi) is 5.74. The maximum absolute atomic E-state index is 12.8. The van der Waals surface area contributed by atoms with E-state index in [1.54, 1.807) is 30.3 Å². The third kappa shape index (κ3) is 4.31. The average Bonchev–Trinajstić information content (AvgIpc) is 3.37. The molecule has 2 amide bonds. The number of aryl methyl sites for hydroxylation is 1. The SMILES string of the molecule is Cc1cccc(C(=O)Nc2nc3c(s2)C(=O)C[C@H](C(=O)N(C)Cc2nccs2)C3)c1. The fourth-order valence-electron chi connectivity index (χ4n) is 3.44. The molecule has 3 aromatic rings. The molecular weight excluding hydrogens is 420 g/mol. The lowest BCUT2D eigenvalue weighted by Gasteiger charge is -2.24. The van der Waals surface area contributed by atoms with Crippen molar-refractivity contribution in [3.05, 3.63) is 62.5 Å². The minimum atomic E-state index is -0.447. The van der Waals surface area contributed by atoms with Gasteiger partial charge >= 0.3 is 0 Å². The van der Waals surface area contributed by atoms with Gasteiger partial charge in [0, 0.05) is 37.0 Å². The van der Waals surface area contributed by atoms with E-state index < -0.39 is 5.92 Å². The first-order valence-corrected chi connectivity index (χ1v) is 11.1. The quantitative estimate of drug-likeness (QED) is 0.655. The van der Waals surface area contributed by atoms with Gasteiger partial charge in [0.15, 0.2) is 10.9 Å². The first kappa shape index (κ1) is 20.4. The summed E-state index contributed by atoms with van der Waals surface area (Å²) >= 11 is 2.66. The smallest absolute Gasteiger partial charge is 0.257 e. The third-order valence-corrected chi connectivity index (χ3v) is 6.72. The Labute approximate surface area is 181 Å². The van der Waals surface area contributed by atoms with E-state index in [0.29, 0.717) is 34.2 Å². The molecule has 7 nitrogen and oxygen atoms in total. The second-order valence-corrected chi connectivity index (χ2v) is 9.25. The monoisotopic (exact) mass is 440 g/mol. The van der Waals surface area contributed by atoms with Crippen molar-refractivity contribution in [1.82, 2.24) is 14.9 Å². The number of nitrogens with zero attached hydrogens (tertiary/aromatic N) is 3. The third-order valence-electron chi connectivity index (χ3n) is 4.90. The Morgan fingerprint density at radius 3 is 2.87 bits per heavy atom. The number of amides is 2. The molecule has 1 aliphatic carbocycles. The van der Waals surface area contributed by atoms with Gasteiger partial charge in [-0.2, -0.15) is 0 Å². The number of nitrogens with one attached hydrogen (secondary N) is 1. The summed E-state index contributed by atoms with van der Waals surface area (Å²) in [5, 5.41) is 5.87. The normalized spacial score (nSPS) is 15.5. The number of carbonyl (C=O) groups is 3. The number of hydrogen-bond acceptors (Lipinski definition) is 7. The number of hydrogen-bond donors (Lipinski definition) is 1. The molecular formula is C21H20N4O3S2. The van der Waals surface area contributed by atoms with E-state index in [9.17, 15) is 14.4 Å². The standard InChI is InChI=1S/C21H20N4O3S2/c1-12-4-3-5-13(8-12)19(27)24-21-23-15-9-14(10-16(26)18(15)30-21)20(28)25(2)11-17-22-6-7-29-17/h3-8,14H,9-11H2,1-2H3,(H,23,24,27)/t14-/m1/s1. The van der Waals surface area contributed by atoms with Gasteiger partial charge in [0.2, 0.25) is 5.91 Å². The molecule has 0 radical (unpaired) electrons. The number of rotatable bonds is 5. The van der Waals surface area contributed by atoms with Crippen LogP contribution in [0.4, 0.5) is 5.13 Å². The van der Waals surface area contributed by atoms with E-state index in [4.69, 9.17) is 0 Å². The lowest BCUT2D eigenvalue weighted by molar-refractivity contribution is -0.134. The first-order chi connectivity index (χ1) is 14.4. The summed E-state index contributed by atoms with van der Waals surface area (Å²) in [6, 6.07) is 7.26. The molecule has 0 spiro atoms. The molecule has 1 atom stereocenters. The molecule has 0 fully saturated rings. The van der Waals surface area contributed by atoms with Gasteiger partial charge in [-0.15, -0.1) is 11.3 Å². The predicted molar refractivity (Wildman–Crippen MR) is 116 cm³/mol. The highest BCUT2D eigenvalue weighted by molar-refractivity contribution is 7.17. The van der Waals surface area contributed by atoms with E-state index in [2.05, 4.69) is 15.3 Å². The van der Waals surface area contributed by atoms with Crippen LogP contribution in [0, 0.1) is 12.8 Å². The van der Waals surface area contributed by atoms with Crippen LogP contribution in [-0.4, -0.2) is 39.5 Å². The topological polar surface area (TPSA) is 92.3 Å². The van der Waals surface area contributed by atoms with Crippen molar-refractivity contribution in [3.63, 3.8) is 0 Å². The maximum atomic E-state index is 12.8. The Hall–Kier alpha value is -2.91. The molecule has 154 valence electrons. The van der Waals surface area contributed by atoms with Crippen molar-refractivity contribution >= 4 is 45.4 Å². The van der Waals surface area contributed by atoms with Crippen LogP contribution in [-0.2, 0) is 17.8 Å². The minimum absolute atomic E-state index is 0.0949. The summed E-state index contributed by atoms with van der Waals surface area (Å²) in [4.78, 5) is 48.7. The van der Waals surface area contributed by atoms with Crippen molar-refractivity contribution < 1.29 is 14.4 Å². The van der Waals surface area contributed by atoms with Crippen LogP contribution in [0.15, 0.2) is 35.8 Å². The van der Waals surface area contributed by atoms with Crippen LogP contribution in [0.3, 0.4) is 0 Å². The van der Waals surface area contributed by atoms with E-state index in [1.165, 1.54) is 22.7 Å². The van der Waals surface area contributed by atoms with E-state index >= 15 is 0 Å². The Morgan fingerprint density at radius 1 is 1.30 bits per heavy atom. The summed E-state index contributed by atoms with van der Waals surface area (Å²) < 4.78 is 0. The summed E-state index contributed by atoms with van der Waals surface area (Å²) in [7, 11) is 1.72. The van der Waals surface area contributed by atoms with Crippen molar-refractivity contribution in [1.29, 1.82) is 0 Å². The zero-order valence-electron chi connectivity index (χ0n) is 16.5. The van der Waals surface area contributed by atoms with Gasteiger partial charge in [-0.3, -0.25) is 19.7 Å². The van der Waals surface area contributed by atoms with Crippen molar-refractivity contribution in [2.45, 2.75) is 26.3 Å². The van der Waals surface area contributed by atoms with Crippen LogP contribution in [0.1, 0.15) is 42.7 Å². The molecule has 0 unspecified atom stereocenters. The molecule has 9 heteroatoms. The maximum Gasteiger partial charge on any atom is 0.257 e. The fourth-order valence-corrected chi connectivity index (χ4v) is 5.04. The molecule has 0 aliphatic heterocycles. The molecule has 0 saturated heterocycles. The van der Waals surface area contributed by atoms with Crippen molar-refractivity contribution in [2.75, 3.05) is 12.4 Å². The number of carbonyl (C=O) groups excluding carboxylic acids is 3. The molecule has 1 aliphatic rings. The lowest BCUT2D eigenvalue weighted by atomic mass is 9.89. The highest BCUT2D eigenvalue weighted by atomic mass is 32.1. The molecule has 2 aromatic heterocycles. The zero-order valence-corrected chi connectivity index (χ0v) is 18.2. The van der Waals surface area contributed by atoms with Gasteiger partial charge in [-0.25, -0.2) is 9.97 Å². The highest BCUT2D eigenvalue weighted by Gasteiger charge is 2.34. The minimum Gasteiger partial charge on any atom is -0.339 e. The van der Waals surface area contributed by atoms with Gasteiger partial charge in [0.25, 0.3) is 5.91 Å². The summed E-state index contributed by atoms with van der Waals surface area (Å²) in [6.45, 7) is 2.34. The number of ketones is 1. The number of aromatic nitrogens is 2. The van der Waals surface area contributed by atoms with Crippen LogP contribution >= 0.6 is 22.7 Å². The number of fused-ring (bicyclic) bond motifs is 1. The predicted octanol–water partition coefficient (Wildman–Crippen LogP) is 3.56. The van der Waals surface area contributed by atoms with Crippen LogP contribution in [0.25, 0.3) is 0 Å². The second-order valence-electron chi connectivity index (χ2n) is 7.27. The number of thiazole rings is 2. The van der Waals surface area contributed by atoms with Crippen LogP contribution in [0.5, 0.6) is 0 Å². The van der Waals surface area contributed by atoms with Gasteiger partial charge in [0.1, 0.15) is 5.01 Å². The zero-order chi connectivity index (χ0) is 21.3. The summed E-state index contributed by atoms with van der Waals surface area (Å²) in [5.74, 6) is -0.918. The second kappa shape index (κ2) is 8.45. The summed E-state index contributed by atoms with van der Waals surface area (Å²) in [6.07, 6.45) is 2.25. The highest BCUT2D eigenvalue weighted by Crippen LogP contribution is 2.33. The molecule has 2 heterocycles. The summed E-state index contributed by atoms with van der Waals surface area (Å²) in [5.41, 5.74) is 2.10. The molecule has 1 aromatic carbocycles. The lowest BCUT2D eigenvalue weighted by Crippen LogP contribution is -2.36.